The first kappa shape index (κ1) is 13.8. The van der Waals surface area contributed by atoms with E-state index in [9.17, 15) is 15.2 Å². The highest BCUT2D eigenvalue weighted by atomic mass is 16.6. The van der Waals surface area contributed by atoms with Gasteiger partial charge in [0.05, 0.1) is 17.1 Å². The summed E-state index contributed by atoms with van der Waals surface area (Å²) in [6, 6.07) is 4.99. The molecule has 5 nitrogen and oxygen atoms in total. The standard InChI is InChI=1S/C14H20N2O3/c1-14(2)5-7-15(8-6-14)12-3-4-13(16(18)19)11(9-12)10-17/h3-4,9,17H,5-8,10H2,1-2H3. The van der Waals surface area contributed by atoms with Crippen molar-refractivity contribution in [3.8, 4) is 0 Å². The number of aliphatic hydroxyl groups is 1. The Balaban J connectivity index is 2.20. The summed E-state index contributed by atoms with van der Waals surface area (Å²) in [6.45, 7) is 6.13. The molecule has 0 bridgehead atoms. The van der Waals surface area contributed by atoms with Crippen molar-refractivity contribution in [2.24, 2.45) is 5.41 Å². The summed E-state index contributed by atoms with van der Waals surface area (Å²) in [5.74, 6) is 0. The number of aliphatic hydroxyl groups excluding tert-OH is 1. The van der Waals surface area contributed by atoms with E-state index in [1.165, 1.54) is 6.07 Å². The van der Waals surface area contributed by atoms with E-state index in [-0.39, 0.29) is 12.3 Å². The Morgan fingerprint density at radius 3 is 2.53 bits per heavy atom. The van der Waals surface area contributed by atoms with E-state index < -0.39 is 4.92 Å². The van der Waals surface area contributed by atoms with Crippen LogP contribution in [0, 0.1) is 15.5 Å². The summed E-state index contributed by atoms with van der Waals surface area (Å²) in [6.07, 6.45) is 2.22. The predicted octanol–water partition coefficient (Wildman–Crippen LogP) is 2.71. The van der Waals surface area contributed by atoms with Gasteiger partial charge in [0.1, 0.15) is 0 Å². The monoisotopic (exact) mass is 264 g/mol. The quantitative estimate of drug-likeness (QED) is 0.673. The van der Waals surface area contributed by atoms with Crippen molar-refractivity contribution >= 4 is 11.4 Å². The molecule has 5 heteroatoms. The largest absolute Gasteiger partial charge is 0.391 e. The minimum Gasteiger partial charge on any atom is -0.391 e. The zero-order valence-corrected chi connectivity index (χ0v) is 11.4. The lowest BCUT2D eigenvalue weighted by molar-refractivity contribution is -0.385. The van der Waals surface area contributed by atoms with E-state index >= 15 is 0 Å². The third kappa shape index (κ3) is 3.04. The molecular weight excluding hydrogens is 244 g/mol. The average molecular weight is 264 g/mol. The van der Waals surface area contributed by atoms with Gasteiger partial charge >= 0.3 is 0 Å². The van der Waals surface area contributed by atoms with Crippen molar-refractivity contribution < 1.29 is 10.0 Å². The molecule has 1 heterocycles. The van der Waals surface area contributed by atoms with Gasteiger partial charge in [-0.25, -0.2) is 0 Å². The Morgan fingerprint density at radius 2 is 2.00 bits per heavy atom. The minimum atomic E-state index is -0.450. The molecule has 0 aliphatic carbocycles. The lowest BCUT2D eigenvalue weighted by Gasteiger charge is -2.38. The van der Waals surface area contributed by atoms with Crippen LogP contribution in [0.1, 0.15) is 32.3 Å². The number of rotatable bonds is 3. The topological polar surface area (TPSA) is 66.6 Å². The van der Waals surface area contributed by atoms with Crippen LogP contribution < -0.4 is 4.90 Å². The fraction of sp³-hybridized carbons (Fsp3) is 0.571. The van der Waals surface area contributed by atoms with Gasteiger partial charge in [-0.3, -0.25) is 10.1 Å². The Hall–Kier alpha value is -1.62. The maximum absolute atomic E-state index is 10.8. The highest BCUT2D eigenvalue weighted by Gasteiger charge is 2.26. The zero-order valence-electron chi connectivity index (χ0n) is 11.4. The van der Waals surface area contributed by atoms with Crippen LogP contribution in [-0.2, 0) is 6.61 Å². The van der Waals surface area contributed by atoms with Gasteiger partial charge in [-0.15, -0.1) is 0 Å². The second-order valence-corrected chi connectivity index (χ2v) is 5.88. The molecule has 0 saturated carbocycles. The smallest absolute Gasteiger partial charge is 0.275 e. The second kappa shape index (κ2) is 5.17. The molecule has 0 amide bonds. The molecule has 0 radical (unpaired) electrons. The molecule has 0 spiro atoms. The molecule has 1 aliphatic rings. The molecule has 2 rings (SSSR count). The lowest BCUT2D eigenvalue weighted by Crippen LogP contribution is -2.37. The fourth-order valence-corrected chi connectivity index (χ4v) is 2.44. The fourth-order valence-electron chi connectivity index (χ4n) is 2.44. The summed E-state index contributed by atoms with van der Waals surface area (Å²) in [7, 11) is 0. The van der Waals surface area contributed by atoms with Gasteiger partial charge in [0, 0.05) is 24.8 Å². The number of nitro groups is 1. The second-order valence-electron chi connectivity index (χ2n) is 5.88. The van der Waals surface area contributed by atoms with E-state index in [0.29, 0.717) is 11.0 Å². The van der Waals surface area contributed by atoms with Crippen molar-refractivity contribution in [2.45, 2.75) is 33.3 Å². The molecule has 1 aliphatic heterocycles. The van der Waals surface area contributed by atoms with Crippen molar-refractivity contribution in [3.05, 3.63) is 33.9 Å². The minimum absolute atomic E-state index is 0.0106. The summed E-state index contributed by atoms with van der Waals surface area (Å²) in [5.41, 5.74) is 1.71. The number of nitro benzene ring substituents is 1. The average Bonchev–Trinajstić information content (AvgIpc) is 2.37. The highest BCUT2D eigenvalue weighted by molar-refractivity contribution is 5.55. The zero-order chi connectivity index (χ0) is 14.0. The number of hydrogen-bond donors (Lipinski definition) is 1. The van der Waals surface area contributed by atoms with Crippen molar-refractivity contribution in [3.63, 3.8) is 0 Å². The maximum Gasteiger partial charge on any atom is 0.275 e. The molecule has 19 heavy (non-hydrogen) atoms. The van der Waals surface area contributed by atoms with Crippen LogP contribution in [0.4, 0.5) is 11.4 Å². The van der Waals surface area contributed by atoms with Gasteiger partial charge in [-0.1, -0.05) is 13.8 Å². The third-order valence-corrected chi connectivity index (χ3v) is 3.91. The predicted molar refractivity (Wildman–Crippen MR) is 74.2 cm³/mol. The molecule has 0 aromatic heterocycles. The van der Waals surface area contributed by atoms with Gasteiger partial charge in [-0.05, 0) is 30.4 Å². The molecule has 1 aromatic carbocycles. The van der Waals surface area contributed by atoms with Crippen LogP contribution in [0.5, 0.6) is 0 Å². The summed E-state index contributed by atoms with van der Waals surface area (Å²) >= 11 is 0. The first-order valence-corrected chi connectivity index (χ1v) is 6.56. The molecule has 0 atom stereocenters. The molecule has 1 fully saturated rings. The Kier molecular flexibility index (Phi) is 3.75. The summed E-state index contributed by atoms with van der Waals surface area (Å²) in [4.78, 5) is 12.6. The normalized spacial score (nSPS) is 18.4. The van der Waals surface area contributed by atoms with Crippen molar-refractivity contribution in [1.82, 2.24) is 0 Å². The Labute approximate surface area is 113 Å². The van der Waals surface area contributed by atoms with Crippen LogP contribution >= 0.6 is 0 Å². The van der Waals surface area contributed by atoms with E-state index in [1.807, 2.05) is 0 Å². The molecule has 1 aromatic rings. The molecule has 104 valence electrons. The van der Waals surface area contributed by atoms with E-state index in [1.54, 1.807) is 12.1 Å². The van der Waals surface area contributed by atoms with E-state index in [4.69, 9.17) is 0 Å². The molecule has 0 unspecified atom stereocenters. The lowest BCUT2D eigenvalue weighted by atomic mass is 9.82. The molecule has 1 N–H and O–H groups in total. The highest BCUT2D eigenvalue weighted by Crippen LogP contribution is 2.33. The Bertz CT molecular complexity index is 476. The first-order valence-electron chi connectivity index (χ1n) is 6.56. The number of benzene rings is 1. The van der Waals surface area contributed by atoms with E-state index in [0.717, 1.165) is 31.6 Å². The van der Waals surface area contributed by atoms with Crippen molar-refractivity contribution in [1.29, 1.82) is 0 Å². The summed E-state index contributed by atoms with van der Waals surface area (Å²) < 4.78 is 0. The number of anilines is 1. The van der Waals surface area contributed by atoms with Gasteiger partial charge in [0.15, 0.2) is 0 Å². The van der Waals surface area contributed by atoms with Gasteiger partial charge in [-0.2, -0.15) is 0 Å². The van der Waals surface area contributed by atoms with Crippen LogP contribution in [0.25, 0.3) is 0 Å². The number of hydrogen-bond acceptors (Lipinski definition) is 4. The SMILES string of the molecule is CC1(C)CCN(c2ccc([N+](=O)[O-])c(CO)c2)CC1. The van der Waals surface area contributed by atoms with Crippen LogP contribution in [0.15, 0.2) is 18.2 Å². The van der Waals surface area contributed by atoms with Crippen LogP contribution in [0.3, 0.4) is 0 Å². The number of nitrogens with zero attached hydrogens (tertiary/aromatic N) is 2. The van der Waals surface area contributed by atoms with E-state index in [2.05, 4.69) is 18.7 Å². The summed E-state index contributed by atoms with van der Waals surface area (Å²) in [5, 5.41) is 20.1. The van der Waals surface area contributed by atoms with Gasteiger partial charge in [0.2, 0.25) is 0 Å². The van der Waals surface area contributed by atoms with Crippen LogP contribution in [-0.4, -0.2) is 23.1 Å². The van der Waals surface area contributed by atoms with Crippen molar-refractivity contribution in [2.75, 3.05) is 18.0 Å². The van der Waals surface area contributed by atoms with Gasteiger partial charge < -0.3 is 10.0 Å². The molecule has 1 saturated heterocycles. The maximum atomic E-state index is 10.8. The number of piperidine rings is 1. The third-order valence-electron chi connectivity index (χ3n) is 3.91. The Morgan fingerprint density at radius 1 is 1.37 bits per heavy atom. The first-order chi connectivity index (χ1) is 8.93. The molecular formula is C14H20N2O3. The van der Waals surface area contributed by atoms with Gasteiger partial charge in [0.25, 0.3) is 5.69 Å². The van der Waals surface area contributed by atoms with Crippen LogP contribution in [0.2, 0.25) is 0 Å².